The molecule has 1 aliphatic heterocycles. The Kier molecular flexibility index (Phi) is 4.52. The molecule has 1 saturated heterocycles. The number of amides is 1. The van der Waals surface area contributed by atoms with Gasteiger partial charge in [0, 0.05) is 19.6 Å². The summed E-state index contributed by atoms with van der Waals surface area (Å²) in [4.78, 5) is 26.1. The highest BCUT2D eigenvalue weighted by Crippen LogP contribution is 2.18. The van der Waals surface area contributed by atoms with Crippen molar-refractivity contribution >= 4 is 11.7 Å². The predicted octanol–water partition coefficient (Wildman–Crippen LogP) is 0.700. The maximum atomic E-state index is 12.2. The van der Waals surface area contributed by atoms with Crippen molar-refractivity contribution in [3.05, 3.63) is 29.8 Å². The average Bonchev–Trinajstić information content (AvgIpc) is 2.74. The lowest BCUT2D eigenvalue weighted by molar-refractivity contribution is -0.126. The van der Waals surface area contributed by atoms with Crippen LogP contribution in [0.2, 0.25) is 0 Å². The molecule has 0 bridgehead atoms. The Morgan fingerprint density at radius 2 is 2.00 bits per heavy atom. The van der Waals surface area contributed by atoms with Gasteiger partial charge in [0.2, 0.25) is 0 Å². The van der Waals surface area contributed by atoms with Gasteiger partial charge in [-0.15, -0.1) is 0 Å². The first kappa shape index (κ1) is 13.5. The van der Waals surface area contributed by atoms with Crippen LogP contribution in [-0.2, 0) is 4.79 Å². The zero-order valence-electron chi connectivity index (χ0n) is 11.0. The molecule has 1 aromatic carbocycles. The third kappa shape index (κ3) is 3.12. The molecule has 0 radical (unpaired) electrons. The van der Waals surface area contributed by atoms with E-state index in [0.29, 0.717) is 24.4 Å². The zero-order valence-corrected chi connectivity index (χ0v) is 11.0. The first-order valence-electron chi connectivity index (χ1n) is 6.41. The van der Waals surface area contributed by atoms with E-state index in [1.165, 1.54) is 7.11 Å². The van der Waals surface area contributed by atoms with E-state index in [0.717, 1.165) is 19.5 Å². The number of Topliss-reactive ketones (excluding diaryl/α,β-unsaturated/α-hetero) is 1. The second-order valence-electron chi connectivity index (χ2n) is 4.43. The second-order valence-corrected chi connectivity index (χ2v) is 4.43. The summed E-state index contributed by atoms with van der Waals surface area (Å²) in [7, 11) is 1.49. The summed E-state index contributed by atoms with van der Waals surface area (Å²) >= 11 is 0. The third-order valence-electron chi connectivity index (χ3n) is 3.17. The van der Waals surface area contributed by atoms with Gasteiger partial charge in [-0.2, -0.15) is 0 Å². The minimum atomic E-state index is -0.501. The standard InChI is InChI=1S/C14H18N2O3/c1-19-12-6-3-2-5-11(12)13(17)14(18)16-9-4-7-15-8-10-16/h2-3,5-6,15H,4,7-10H2,1H3. The van der Waals surface area contributed by atoms with Crippen molar-refractivity contribution < 1.29 is 14.3 Å². The van der Waals surface area contributed by atoms with Gasteiger partial charge in [-0.1, -0.05) is 12.1 Å². The van der Waals surface area contributed by atoms with E-state index < -0.39 is 11.7 Å². The summed E-state index contributed by atoms with van der Waals surface area (Å²) in [6.07, 6.45) is 0.866. The van der Waals surface area contributed by atoms with E-state index in [1.807, 2.05) is 0 Å². The molecule has 19 heavy (non-hydrogen) atoms. The molecule has 1 amide bonds. The van der Waals surface area contributed by atoms with Crippen LogP contribution >= 0.6 is 0 Å². The number of hydrogen-bond donors (Lipinski definition) is 1. The molecular weight excluding hydrogens is 244 g/mol. The average molecular weight is 262 g/mol. The molecule has 1 N–H and O–H groups in total. The van der Waals surface area contributed by atoms with Crippen molar-refractivity contribution in [2.24, 2.45) is 0 Å². The number of ketones is 1. The van der Waals surface area contributed by atoms with Gasteiger partial charge >= 0.3 is 0 Å². The number of nitrogens with zero attached hydrogens (tertiary/aromatic N) is 1. The van der Waals surface area contributed by atoms with Crippen molar-refractivity contribution in [1.82, 2.24) is 10.2 Å². The summed E-state index contributed by atoms with van der Waals surface area (Å²) in [5.41, 5.74) is 0.326. The zero-order chi connectivity index (χ0) is 13.7. The van der Waals surface area contributed by atoms with Crippen molar-refractivity contribution in [2.75, 3.05) is 33.3 Å². The van der Waals surface area contributed by atoms with Crippen molar-refractivity contribution in [2.45, 2.75) is 6.42 Å². The highest BCUT2D eigenvalue weighted by atomic mass is 16.5. The fourth-order valence-corrected chi connectivity index (χ4v) is 2.14. The molecular formula is C14H18N2O3. The molecule has 2 rings (SSSR count). The van der Waals surface area contributed by atoms with Gasteiger partial charge in [0.15, 0.2) is 0 Å². The third-order valence-corrected chi connectivity index (χ3v) is 3.17. The number of hydrogen-bond acceptors (Lipinski definition) is 4. The van der Waals surface area contributed by atoms with Crippen LogP contribution in [0.1, 0.15) is 16.8 Å². The maximum Gasteiger partial charge on any atom is 0.295 e. The Bertz CT molecular complexity index is 466. The van der Waals surface area contributed by atoms with Crippen LogP contribution in [0, 0.1) is 0 Å². The number of rotatable bonds is 3. The Morgan fingerprint density at radius 1 is 1.21 bits per heavy atom. The maximum absolute atomic E-state index is 12.2. The van der Waals surface area contributed by atoms with Crippen molar-refractivity contribution in [1.29, 1.82) is 0 Å². The molecule has 0 unspecified atom stereocenters. The monoisotopic (exact) mass is 262 g/mol. The molecule has 5 nitrogen and oxygen atoms in total. The first-order chi connectivity index (χ1) is 9.24. The van der Waals surface area contributed by atoms with E-state index in [-0.39, 0.29) is 0 Å². The molecule has 0 atom stereocenters. The van der Waals surface area contributed by atoms with Gasteiger partial charge in [-0.25, -0.2) is 0 Å². The number of methoxy groups -OCH3 is 1. The molecule has 1 heterocycles. The van der Waals surface area contributed by atoms with Crippen molar-refractivity contribution in [3.63, 3.8) is 0 Å². The number of carbonyl (C=O) groups excluding carboxylic acids is 2. The van der Waals surface area contributed by atoms with E-state index >= 15 is 0 Å². The lowest BCUT2D eigenvalue weighted by atomic mass is 10.1. The molecule has 1 aliphatic rings. The van der Waals surface area contributed by atoms with Gasteiger partial charge < -0.3 is 15.0 Å². The van der Waals surface area contributed by atoms with E-state index in [1.54, 1.807) is 29.2 Å². The number of benzene rings is 1. The van der Waals surface area contributed by atoms with E-state index in [4.69, 9.17) is 4.74 Å². The van der Waals surface area contributed by atoms with E-state index in [2.05, 4.69) is 5.32 Å². The Balaban J connectivity index is 2.16. The fraction of sp³-hybridized carbons (Fsp3) is 0.429. The molecule has 0 saturated carbocycles. The molecule has 0 spiro atoms. The number of para-hydroxylation sites is 1. The summed E-state index contributed by atoms with van der Waals surface area (Å²) in [5, 5.41) is 3.20. The minimum absolute atomic E-state index is 0.326. The Labute approximate surface area is 112 Å². The van der Waals surface area contributed by atoms with Crippen LogP contribution in [0.5, 0.6) is 5.75 Å². The molecule has 102 valence electrons. The van der Waals surface area contributed by atoms with Crippen LogP contribution < -0.4 is 10.1 Å². The molecule has 0 aromatic heterocycles. The quantitative estimate of drug-likeness (QED) is 0.643. The lowest BCUT2D eigenvalue weighted by Gasteiger charge is -2.19. The van der Waals surface area contributed by atoms with Crippen LogP contribution in [0.25, 0.3) is 0 Å². The topological polar surface area (TPSA) is 58.6 Å². The Hall–Kier alpha value is -1.88. The van der Waals surface area contributed by atoms with Gasteiger partial charge in [0.25, 0.3) is 11.7 Å². The van der Waals surface area contributed by atoms with Gasteiger partial charge in [0.05, 0.1) is 12.7 Å². The lowest BCUT2D eigenvalue weighted by Crippen LogP contribution is -2.39. The van der Waals surface area contributed by atoms with Gasteiger partial charge in [-0.3, -0.25) is 9.59 Å². The van der Waals surface area contributed by atoms with Crippen molar-refractivity contribution in [3.8, 4) is 5.75 Å². The van der Waals surface area contributed by atoms with Crippen LogP contribution in [0.4, 0.5) is 0 Å². The SMILES string of the molecule is COc1ccccc1C(=O)C(=O)N1CCCNCC1. The number of nitrogens with one attached hydrogen (secondary N) is 1. The normalized spacial score (nSPS) is 15.7. The van der Waals surface area contributed by atoms with Crippen LogP contribution in [0.3, 0.4) is 0 Å². The molecule has 1 aromatic rings. The fourth-order valence-electron chi connectivity index (χ4n) is 2.14. The minimum Gasteiger partial charge on any atom is -0.496 e. The summed E-state index contributed by atoms with van der Waals surface area (Å²) in [6.45, 7) is 2.80. The molecule has 0 aliphatic carbocycles. The van der Waals surface area contributed by atoms with Gasteiger partial charge in [-0.05, 0) is 25.1 Å². The summed E-state index contributed by atoms with van der Waals surface area (Å²) in [5.74, 6) is -0.513. The van der Waals surface area contributed by atoms with Gasteiger partial charge in [0.1, 0.15) is 5.75 Å². The number of ether oxygens (including phenoxy) is 1. The first-order valence-corrected chi connectivity index (χ1v) is 6.41. The Morgan fingerprint density at radius 3 is 2.79 bits per heavy atom. The van der Waals surface area contributed by atoms with E-state index in [9.17, 15) is 9.59 Å². The smallest absolute Gasteiger partial charge is 0.295 e. The van der Waals surface area contributed by atoms with Crippen LogP contribution in [0.15, 0.2) is 24.3 Å². The highest BCUT2D eigenvalue weighted by molar-refractivity contribution is 6.43. The predicted molar refractivity (Wildman–Crippen MR) is 71.4 cm³/mol. The summed E-state index contributed by atoms with van der Waals surface area (Å²) in [6, 6.07) is 6.81. The second kappa shape index (κ2) is 6.33. The highest BCUT2D eigenvalue weighted by Gasteiger charge is 2.25. The number of carbonyl (C=O) groups is 2. The summed E-state index contributed by atoms with van der Waals surface area (Å²) < 4.78 is 5.12. The molecule has 5 heteroatoms. The molecule has 1 fully saturated rings. The largest absolute Gasteiger partial charge is 0.496 e. The van der Waals surface area contributed by atoms with Crippen LogP contribution in [-0.4, -0.2) is 49.9 Å².